The molecule has 24 heavy (non-hydrogen) atoms. The van der Waals surface area contributed by atoms with Crippen molar-refractivity contribution in [2.24, 2.45) is 5.16 Å². The van der Waals surface area contributed by atoms with Gasteiger partial charge in [0, 0.05) is 12.6 Å². The number of alkyl halides is 3. The van der Waals surface area contributed by atoms with Gasteiger partial charge in [0.05, 0.1) is 17.8 Å². The van der Waals surface area contributed by atoms with Crippen molar-refractivity contribution in [3.8, 4) is 0 Å². The number of aromatic nitrogens is 1. The van der Waals surface area contributed by atoms with Crippen molar-refractivity contribution in [2.45, 2.75) is 38.6 Å². The number of amides is 1. The molecule has 10 heteroatoms. The molecule has 1 amide bonds. The van der Waals surface area contributed by atoms with Gasteiger partial charge in [-0.3, -0.25) is 9.59 Å². The lowest BCUT2D eigenvalue weighted by Crippen LogP contribution is -2.37. The molecule has 6 nitrogen and oxygen atoms in total. The molecule has 0 fully saturated rings. The topological polar surface area (TPSA) is 72.7 Å². The van der Waals surface area contributed by atoms with Crippen molar-refractivity contribution < 1.29 is 22.8 Å². The molecular weight excluding hydrogens is 351 g/mol. The van der Waals surface area contributed by atoms with E-state index in [2.05, 4.69) is 10.5 Å². The number of pyridine rings is 1. The molecule has 1 atom stereocenters. The van der Waals surface area contributed by atoms with Crippen molar-refractivity contribution >= 4 is 23.2 Å². The molecule has 1 N–H and O–H groups in total. The van der Waals surface area contributed by atoms with E-state index >= 15 is 0 Å². The van der Waals surface area contributed by atoms with Crippen LogP contribution in [0.5, 0.6) is 0 Å². The van der Waals surface area contributed by atoms with E-state index in [4.69, 9.17) is 16.4 Å². The fourth-order valence-corrected chi connectivity index (χ4v) is 2.34. The smallest absolute Gasteiger partial charge is 0.390 e. The third kappa shape index (κ3) is 4.50. The fraction of sp³-hybridized carbons (Fsp3) is 0.500. The summed E-state index contributed by atoms with van der Waals surface area (Å²) in [5.74, 6) is -0.624. The Bertz CT molecular complexity index is 715. The second-order valence-corrected chi connectivity index (χ2v) is 5.66. The van der Waals surface area contributed by atoms with E-state index in [1.807, 2.05) is 6.92 Å². The number of rotatable bonds is 5. The molecule has 132 valence electrons. The molecule has 1 aliphatic heterocycles. The zero-order valence-corrected chi connectivity index (χ0v) is 13.4. The molecule has 2 rings (SSSR count). The first-order valence-corrected chi connectivity index (χ1v) is 7.54. The highest BCUT2D eigenvalue weighted by Gasteiger charge is 2.32. The highest BCUT2D eigenvalue weighted by atomic mass is 35.5. The molecule has 0 aromatic carbocycles. The maximum atomic E-state index is 12.7. The Balaban J connectivity index is 1.99. The third-order valence-corrected chi connectivity index (χ3v) is 3.68. The molecule has 0 unspecified atom stereocenters. The lowest BCUT2D eigenvalue weighted by molar-refractivity contribution is -0.138. The Labute approximate surface area is 140 Å². The van der Waals surface area contributed by atoms with Crippen molar-refractivity contribution in [3.05, 3.63) is 33.2 Å². The van der Waals surface area contributed by atoms with Gasteiger partial charge >= 0.3 is 6.18 Å². The summed E-state index contributed by atoms with van der Waals surface area (Å²) in [6.07, 6.45) is -3.10. The molecule has 2 heterocycles. The Hall–Kier alpha value is -2.03. The van der Waals surface area contributed by atoms with Crippen LogP contribution in [0.15, 0.2) is 22.2 Å². The zero-order chi connectivity index (χ0) is 17.9. The number of halogens is 4. The van der Waals surface area contributed by atoms with Gasteiger partial charge in [-0.25, -0.2) is 0 Å². The summed E-state index contributed by atoms with van der Waals surface area (Å²) in [6, 6.07) is 0.536. The summed E-state index contributed by atoms with van der Waals surface area (Å²) in [5.41, 5.74) is -1.09. The van der Waals surface area contributed by atoms with Crippen LogP contribution in [0.3, 0.4) is 0 Å². The Morgan fingerprint density at radius 1 is 1.54 bits per heavy atom. The average Bonchev–Trinajstić information content (AvgIpc) is 2.96. The number of oxime groups is 1. The minimum absolute atomic E-state index is 0.146. The number of nitrogens with one attached hydrogen (secondary N) is 1. The summed E-state index contributed by atoms with van der Waals surface area (Å²) in [7, 11) is 0. The largest absolute Gasteiger partial charge is 0.417 e. The molecule has 0 radical (unpaired) electrons. The lowest BCUT2D eigenvalue weighted by Gasteiger charge is -2.13. The van der Waals surface area contributed by atoms with Crippen LogP contribution in [0.2, 0.25) is 5.02 Å². The second-order valence-electron chi connectivity index (χ2n) is 5.25. The van der Waals surface area contributed by atoms with Crippen LogP contribution in [0.4, 0.5) is 13.2 Å². The molecule has 0 bridgehead atoms. The Morgan fingerprint density at radius 2 is 2.25 bits per heavy atom. The third-order valence-electron chi connectivity index (χ3n) is 3.41. The zero-order valence-electron chi connectivity index (χ0n) is 12.7. The molecule has 0 saturated heterocycles. The molecule has 1 aromatic rings. The van der Waals surface area contributed by atoms with Crippen molar-refractivity contribution in [1.82, 2.24) is 9.88 Å². The second kappa shape index (κ2) is 7.25. The SMILES string of the molecule is CCC1=NO[C@H](CNC(=O)Cn2cc(C(F)(F)F)cc(Cl)c2=O)C1. The first-order chi connectivity index (χ1) is 11.2. The predicted octanol–water partition coefficient (Wildman–Crippen LogP) is 2.19. The average molecular weight is 366 g/mol. The maximum Gasteiger partial charge on any atom is 0.417 e. The fourth-order valence-electron chi connectivity index (χ4n) is 2.11. The van der Waals surface area contributed by atoms with Crippen molar-refractivity contribution in [1.29, 1.82) is 0 Å². The van der Waals surface area contributed by atoms with E-state index in [9.17, 15) is 22.8 Å². The normalized spacial score (nSPS) is 17.4. The number of hydrogen-bond acceptors (Lipinski definition) is 4. The molecule has 0 aliphatic carbocycles. The van der Waals surface area contributed by atoms with E-state index in [0.29, 0.717) is 23.3 Å². The van der Waals surface area contributed by atoms with Crippen molar-refractivity contribution in [3.63, 3.8) is 0 Å². The minimum atomic E-state index is -4.67. The summed E-state index contributed by atoms with van der Waals surface area (Å²) in [6.45, 7) is 1.50. The molecular formula is C14H15ClF3N3O3. The van der Waals surface area contributed by atoms with Crippen LogP contribution >= 0.6 is 11.6 Å². The molecule has 1 aliphatic rings. The van der Waals surface area contributed by atoms with Gasteiger partial charge in [0.25, 0.3) is 5.56 Å². The molecule has 1 aromatic heterocycles. The Morgan fingerprint density at radius 3 is 2.83 bits per heavy atom. The van der Waals surface area contributed by atoms with E-state index in [0.717, 1.165) is 12.1 Å². The summed E-state index contributed by atoms with van der Waals surface area (Å²) >= 11 is 5.52. The van der Waals surface area contributed by atoms with Gasteiger partial charge < -0.3 is 14.7 Å². The van der Waals surface area contributed by atoms with E-state index in [1.54, 1.807) is 0 Å². The summed E-state index contributed by atoms with van der Waals surface area (Å²) in [5, 5.41) is 5.73. The molecule has 0 saturated carbocycles. The number of carbonyl (C=O) groups is 1. The molecule has 0 spiro atoms. The first kappa shape index (κ1) is 18.3. The van der Waals surface area contributed by atoms with E-state index in [1.165, 1.54) is 0 Å². The van der Waals surface area contributed by atoms with Crippen LogP contribution in [-0.4, -0.2) is 28.8 Å². The monoisotopic (exact) mass is 365 g/mol. The maximum absolute atomic E-state index is 12.7. The lowest BCUT2D eigenvalue weighted by atomic mass is 10.1. The van der Waals surface area contributed by atoms with Gasteiger partial charge in [0.1, 0.15) is 17.7 Å². The van der Waals surface area contributed by atoms with Crippen LogP contribution in [0.25, 0.3) is 0 Å². The Kier molecular flexibility index (Phi) is 5.53. The minimum Gasteiger partial charge on any atom is -0.390 e. The van der Waals surface area contributed by atoms with Gasteiger partial charge in [-0.2, -0.15) is 13.2 Å². The summed E-state index contributed by atoms with van der Waals surface area (Å²) < 4.78 is 38.8. The van der Waals surface area contributed by atoms with Gasteiger partial charge in [-0.15, -0.1) is 0 Å². The standard InChI is InChI=1S/C14H15ClF3N3O3/c1-2-9-4-10(24-20-9)5-19-12(22)7-21-6-8(14(16,17)18)3-11(15)13(21)23/h3,6,10H,2,4-5,7H2,1H3,(H,19,22)/t10-/m0/s1. The van der Waals surface area contributed by atoms with Gasteiger partial charge in [-0.1, -0.05) is 23.7 Å². The highest BCUT2D eigenvalue weighted by Crippen LogP contribution is 2.29. The highest BCUT2D eigenvalue weighted by molar-refractivity contribution is 6.30. The van der Waals surface area contributed by atoms with Crippen LogP contribution in [-0.2, 0) is 22.4 Å². The van der Waals surface area contributed by atoms with Crippen molar-refractivity contribution in [2.75, 3.05) is 6.54 Å². The number of carbonyl (C=O) groups excluding carboxylic acids is 1. The van der Waals surface area contributed by atoms with Gasteiger partial charge in [-0.05, 0) is 12.5 Å². The van der Waals surface area contributed by atoms with Gasteiger partial charge in [0.2, 0.25) is 5.91 Å². The van der Waals surface area contributed by atoms with Gasteiger partial charge in [0.15, 0.2) is 0 Å². The van der Waals surface area contributed by atoms with Crippen LogP contribution in [0, 0.1) is 0 Å². The predicted molar refractivity (Wildman–Crippen MR) is 80.9 cm³/mol. The first-order valence-electron chi connectivity index (χ1n) is 7.16. The number of hydrogen-bond donors (Lipinski definition) is 1. The van der Waals surface area contributed by atoms with E-state index in [-0.39, 0.29) is 12.6 Å². The quantitative estimate of drug-likeness (QED) is 0.869. The summed E-state index contributed by atoms with van der Waals surface area (Å²) in [4.78, 5) is 28.7. The number of nitrogens with zero attached hydrogens (tertiary/aromatic N) is 2. The van der Waals surface area contributed by atoms with Crippen LogP contribution < -0.4 is 10.9 Å². The van der Waals surface area contributed by atoms with E-state index < -0.39 is 34.8 Å². The van der Waals surface area contributed by atoms with Crippen LogP contribution in [0.1, 0.15) is 25.3 Å².